The van der Waals surface area contributed by atoms with E-state index in [0.29, 0.717) is 19.0 Å². The molecule has 0 aliphatic carbocycles. The van der Waals surface area contributed by atoms with Crippen LogP contribution in [0.25, 0.3) is 5.70 Å². The molecule has 1 aromatic rings. The fourth-order valence-electron chi connectivity index (χ4n) is 2.23. The van der Waals surface area contributed by atoms with Crippen LogP contribution < -0.4 is 10.2 Å². The smallest absolute Gasteiger partial charge is 0.160 e. The number of nitrogens with one attached hydrogen (secondary N) is 1. The van der Waals surface area contributed by atoms with Crippen LogP contribution in [0.3, 0.4) is 0 Å². The molecule has 1 fully saturated rings. The molecule has 0 saturated carbocycles. The number of phenolic OH excluding ortho intramolecular Hbond substituents is 1. The van der Waals surface area contributed by atoms with E-state index in [1.807, 2.05) is 12.1 Å². The summed E-state index contributed by atoms with van der Waals surface area (Å²) < 4.78 is 10.4. The normalized spacial score (nSPS) is 26.2. The Morgan fingerprint density at radius 2 is 2.33 bits per heavy atom. The summed E-state index contributed by atoms with van der Waals surface area (Å²) in [6, 6.07) is 5.24. The summed E-state index contributed by atoms with van der Waals surface area (Å²) >= 11 is 0. The van der Waals surface area contributed by atoms with Gasteiger partial charge in [-0.1, -0.05) is 0 Å². The van der Waals surface area contributed by atoms with E-state index < -0.39 is 0 Å². The minimum Gasteiger partial charge on any atom is -0.504 e. The molecule has 0 radical (unpaired) electrons. The van der Waals surface area contributed by atoms with Gasteiger partial charge in [0.15, 0.2) is 11.5 Å². The van der Waals surface area contributed by atoms with E-state index >= 15 is 0 Å². The van der Waals surface area contributed by atoms with Crippen molar-refractivity contribution in [3.8, 4) is 11.5 Å². The lowest BCUT2D eigenvalue weighted by Crippen LogP contribution is -2.29. The predicted octanol–water partition coefficient (Wildman–Crippen LogP) is 1.44. The van der Waals surface area contributed by atoms with Crippen LogP contribution in [0, 0.1) is 0 Å². The van der Waals surface area contributed by atoms with Gasteiger partial charge in [0.2, 0.25) is 0 Å². The fraction of sp³-hybridized carbons (Fsp3) is 0.385. The molecule has 1 atom stereocenters. The third-order valence-corrected chi connectivity index (χ3v) is 3.28. The van der Waals surface area contributed by atoms with E-state index in [2.05, 4.69) is 5.48 Å². The van der Waals surface area contributed by atoms with E-state index in [1.54, 1.807) is 12.1 Å². The molecule has 2 aliphatic rings. The molecule has 0 amide bonds. The zero-order chi connectivity index (χ0) is 12.6. The highest BCUT2D eigenvalue weighted by atomic mass is 16.7. The largest absolute Gasteiger partial charge is 0.504 e. The molecule has 3 rings (SSSR count). The van der Waals surface area contributed by atoms with Gasteiger partial charge in [0.25, 0.3) is 0 Å². The summed E-state index contributed by atoms with van der Waals surface area (Å²) in [5.41, 5.74) is 4.25. The van der Waals surface area contributed by atoms with Gasteiger partial charge in [0, 0.05) is 18.6 Å². The summed E-state index contributed by atoms with van der Waals surface area (Å²) in [7, 11) is 1.52. The molecule has 0 bridgehead atoms. The van der Waals surface area contributed by atoms with E-state index in [0.717, 1.165) is 17.7 Å². The van der Waals surface area contributed by atoms with E-state index in [-0.39, 0.29) is 11.4 Å². The lowest BCUT2D eigenvalue weighted by Gasteiger charge is -2.15. The van der Waals surface area contributed by atoms with Gasteiger partial charge in [0.05, 0.1) is 19.4 Å². The maximum absolute atomic E-state index is 9.76. The molecule has 18 heavy (non-hydrogen) atoms. The second-order valence-corrected chi connectivity index (χ2v) is 4.52. The first-order valence-electron chi connectivity index (χ1n) is 5.84. The summed E-state index contributed by atoms with van der Waals surface area (Å²) in [5, 5.41) is 9.76. The van der Waals surface area contributed by atoms with Crippen LogP contribution in [-0.2, 0) is 9.57 Å². The van der Waals surface area contributed by atoms with Gasteiger partial charge in [-0.2, -0.15) is 0 Å². The minimum absolute atomic E-state index is 0.112. The Hall–Kier alpha value is -1.72. The Morgan fingerprint density at radius 3 is 3.00 bits per heavy atom. The molecule has 1 aromatic carbocycles. The number of ether oxygens (including phenoxy) is 2. The Kier molecular flexibility index (Phi) is 2.65. The molecule has 1 spiro atoms. The first kappa shape index (κ1) is 11.4. The zero-order valence-corrected chi connectivity index (χ0v) is 10.1. The topological polar surface area (TPSA) is 60.0 Å². The lowest BCUT2D eigenvalue weighted by atomic mass is 10.0. The van der Waals surface area contributed by atoms with Crippen molar-refractivity contribution in [2.75, 3.05) is 20.3 Å². The van der Waals surface area contributed by atoms with Crippen molar-refractivity contribution in [1.29, 1.82) is 0 Å². The van der Waals surface area contributed by atoms with Crippen molar-refractivity contribution in [3.63, 3.8) is 0 Å². The maximum atomic E-state index is 9.76. The van der Waals surface area contributed by atoms with Crippen LogP contribution in [0.15, 0.2) is 24.3 Å². The monoisotopic (exact) mass is 249 g/mol. The van der Waals surface area contributed by atoms with E-state index in [4.69, 9.17) is 14.3 Å². The third-order valence-electron chi connectivity index (χ3n) is 3.28. The molecule has 0 aromatic heterocycles. The van der Waals surface area contributed by atoms with Gasteiger partial charge >= 0.3 is 0 Å². The highest BCUT2D eigenvalue weighted by Crippen LogP contribution is 2.35. The van der Waals surface area contributed by atoms with Crippen LogP contribution in [-0.4, -0.2) is 31.0 Å². The number of methoxy groups -OCH3 is 1. The van der Waals surface area contributed by atoms with Crippen LogP contribution in [0.1, 0.15) is 12.0 Å². The first-order chi connectivity index (χ1) is 8.72. The fourth-order valence-corrected chi connectivity index (χ4v) is 2.23. The number of phenols is 1. The second kappa shape index (κ2) is 4.19. The van der Waals surface area contributed by atoms with Gasteiger partial charge in [0.1, 0.15) is 5.60 Å². The maximum Gasteiger partial charge on any atom is 0.160 e. The first-order valence-corrected chi connectivity index (χ1v) is 5.84. The number of benzene rings is 1. The molecule has 5 nitrogen and oxygen atoms in total. The van der Waals surface area contributed by atoms with Gasteiger partial charge in [-0.25, -0.2) is 0 Å². The molecular formula is C13H15NO4. The Labute approximate surface area is 105 Å². The molecule has 1 unspecified atom stereocenters. The number of hydrogen-bond donors (Lipinski definition) is 2. The zero-order valence-electron chi connectivity index (χ0n) is 10.1. The predicted molar refractivity (Wildman–Crippen MR) is 65.0 cm³/mol. The Balaban J connectivity index is 1.89. The van der Waals surface area contributed by atoms with Crippen molar-refractivity contribution in [3.05, 3.63) is 29.8 Å². The lowest BCUT2D eigenvalue weighted by molar-refractivity contribution is -0.0373. The molecular weight excluding hydrogens is 234 g/mol. The molecule has 96 valence electrons. The van der Waals surface area contributed by atoms with Crippen LogP contribution in [0.4, 0.5) is 0 Å². The summed E-state index contributed by atoms with van der Waals surface area (Å²) in [5.74, 6) is 0.568. The molecule has 1 saturated heterocycles. The third kappa shape index (κ3) is 1.81. The summed E-state index contributed by atoms with van der Waals surface area (Å²) in [6.07, 6.45) is 2.85. The standard InChI is InChI=1S/C13H15NO4/c1-16-12-3-2-9(6-11(12)15)10-7-13(18-14-10)4-5-17-8-13/h2-3,6-7,14-15H,4-5,8H2,1H3. The highest BCUT2D eigenvalue weighted by molar-refractivity contribution is 5.68. The van der Waals surface area contributed by atoms with Crippen LogP contribution >= 0.6 is 0 Å². The summed E-state index contributed by atoms with van der Waals surface area (Å²) in [4.78, 5) is 5.58. The van der Waals surface area contributed by atoms with Gasteiger partial charge in [-0.15, -0.1) is 0 Å². The van der Waals surface area contributed by atoms with Crippen molar-refractivity contribution in [1.82, 2.24) is 5.48 Å². The second-order valence-electron chi connectivity index (χ2n) is 4.52. The average molecular weight is 249 g/mol. The molecule has 2 N–H and O–H groups in total. The van der Waals surface area contributed by atoms with Crippen molar-refractivity contribution in [2.45, 2.75) is 12.0 Å². The van der Waals surface area contributed by atoms with Crippen molar-refractivity contribution >= 4 is 5.70 Å². The highest BCUT2D eigenvalue weighted by Gasteiger charge is 2.39. The SMILES string of the molecule is COc1ccc(C2=CC3(CCOC3)ON2)cc1O. The number of hydroxylamine groups is 1. The number of aromatic hydroxyl groups is 1. The van der Waals surface area contributed by atoms with E-state index in [1.165, 1.54) is 7.11 Å². The van der Waals surface area contributed by atoms with Crippen LogP contribution in [0.2, 0.25) is 0 Å². The Morgan fingerprint density at radius 1 is 1.44 bits per heavy atom. The number of rotatable bonds is 2. The minimum atomic E-state index is -0.356. The average Bonchev–Trinajstić information content (AvgIpc) is 3.00. The molecule has 5 heteroatoms. The van der Waals surface area contributed by atoms with Crippen molar-refractivity contribution in [2.24, 2.45) is 0 Å². The quantitative estimate of drug-likeness (QED) is 0.830. The van der Waals surface area contributed by atoms with Crippen molar-refractivity contribution < 1.29 is 19.4 Å². The van der Waals surface area contributed by atoms with Crippen LogP contribution in [0.5, 0.6) is 11.5 Å². The van der Waals surface area contributed by atoms with Gasteiger partial charge in [-0.05, 0) is 24.3 Å². The Bertz CT molecular complexity index is 492. The molecule has 2 aliphatic heterocycles. The number of hydrogen-bond acceptors (Lipinski definition) is 5. The van der Waals surface area contributed by atoms with Gasteiger partial charge < -0.3 is 14.6 Å². The summed E-state index contributed by atoms with van der Waals surface area (Å²) in [6.45, 7) is 1.27. The van der Waals surface area contributed by atoms with Gasteiger partial charge in [-0.3, -0.25) is 10.3 Å². The molecule has 2 heterocycles. The van der Waals surface area contributed by atoms with E-state index in [9.17, 15) is 5.11 Å².